The zero-order valence-electron chi connectivity index (χ0n) is 24.2. The van der Waals surface area contributed by atoms with Crippen molar-refractivity contribution in [1.29, 1.82) is 0 Å². The van der Waals surface area contributed by atoms with Crippen molar-refractivity contribution >= 4 is 30.2 Å². The summed E-state index contributed by atoms with van der Waals surface area (Å²) in [7, 11) is 0. The molecule has 8 aliphatic rings. The van der Waals surface area contributed by atoms with Gasteiger partial charge in [-0.1, -0.05) is 6.92 Å². The third-order valence-corrected chi connectivity index (χ3v) is 14.4. The molecule has 4 aliphatic heterocycles. The van der Waals surface area contributed by atoms with Crippen LogP contribution in [0.3, 0.4) is 0 Å². The Kier molecular flexibility index (Phi) is 5.96. The summed E-state index contributed by atoms with van der Waals surface area (Å²) < 4.78 is 24.4. The van der Waals surface area contributed by atoms with Gasteiger partial charge in [-0.25, -0.2) is 4.79 Å². The number of cyclic esters (lactones) is 1. The molecule has 42 heavy (non-hydrogen) atoms. The highest BCUT2D eigenvalue weighted by Crippen LogP contribution is 2.71. The molecule has 4 aliphatic carbocycles. The molecule has 1 spiro atoms. The highest BCUT2D eigenvalue weighted by Gasteiger charge is 2.75. The van der Waals surface area contributed by atoms with E-state index in [4.69, 9.17) is 23.9 Å². The molecule has 4 saturated carbocycles. The first kappa shape index (κ1) is 28.2. The van der Waals surface area contributed by atoms with Gasteiger partial charge in [-0.15, -0.1) is 11.8 Å². The highest BCUT2D eigenvalue weighted by molar-refractivity contribution is 8.01. The van der Waals surface area contributed by atoms with Crippen molar-refractivity contribution in [2.45, 2.75) is 118 Å². The van der Waals surface area contributed by atoms with Crippen LogP contribution in [0.5, 0.6) is 0 Å². The molecule has 0 bridgehead atoms. The number of fused-ring (bicyclic) bond motifs is 8. The van der Waals surface area contributed by atoms with E-state index in [2.05, 4.69) is 0 Å². The van der Waals surface area contributed by atoms with E-state index in [-0.39, 0.29) is 36.6 Å². The maximum Gasteiger partial charge on any atom is 0.331 e. The van der Waals surface area contributed by atoms with E-state index in [1.54, 1.807) is 11.8 Å². The molecule has 0 aromatic carbocycles. The second-order valence-electron chi connectivity index (χ2n) is 14.5. The number of carbonyl (C=O) groups excluding carboxylic acids is 2. The molecule has 0 aromatic heterocycles. The molecular weight excluding hydrogens is 562 g/mol. The summed E-state index contributed by atoms with van der Waals surface area (Å²) in [6.07, 6.45) is 7.30. The fourth-order valence-electron chi connectivity index (χ4n) is 10.9. The first-order valence-electron chi connectivity index (χ1n) is 15.6. The maximum atomic E-state index is 13.3. The zero-order chi connectivity index (χ0) is 29.3. The van der Waals surface area contributed by atoms with Crippen LogP contribution in [-0.4, -0.2) is 92.6 Å². The smallest absolute Gasteiger partial charge is 0.331 e. The lowest BCUT2D eigenvalue weighted by molar-refractivity contribution is -0.445. The van der Waals surface area contributed by atoms with Crippen LogP contribution >= 0.6 is 11.8 Å². The van der Waals surface area contributed by atoms with Gasteiger partial charge in [0.1, 0.15) is 12.9 Å². The number of aldehydes is 1. The van der Waals surface area contributed by atoms with E-state index in [1.165, 1.54) is 6.08 Å². The molecule has 8 rings (SSSR count). The van der Waals surface area contributed by atoms with Gasteiger partial charge in [0, 0.05) is 40.9 Å². The van der Waals surface area contributed by atoms with Crippen molar-refractivity contribution in [2.75, 3.05) is 12.4 Å². The Bertz CT molecular complexity index is 1280. The first-order chi connectivity index (χ1) is 19.9. The van der Waals surface area contributed by atoms with Crippen LogP contribution in [0, 0.1) is 28.6 Å². The van der Waals surface area contributed by atoms with Crippen molar-refractivity contribution in [3.8, 4) is 0 Å². The number of aliphatic hydroxyl groups is 3. The molecule has 0 radical (unpaired) electrons. The molecule has 10 nitrogen and oxygen atoms in total. The van der Waals surface area contributed by atoms with E-state index >= 15 is 0 Å². The summed E-state index contributed by atoms with van der Waals surface area (Å²) in [5, 5.41) is 36.7. The first-order valence-corrected chi connectivity index (χ1v) is 16.6. The predicted octanol–water partition coefficient (Wildman–Crippen LogP) is 2.27. The van der Waals surface area contributed by atoms with E-state index in [1.807, 2.05) is 20.1 Å². The number of rotatable bonds is 2. The number of ether oxygens (including phenoxy) is 4. The lowest BCUT2D eigenvalue weighted by atomic mass is 9.42. The second kappa shape index (κ2) is 8.89. The number of hydrogen-bond acceptors (Lipinski definition) is 11. The SMILES string of the molecule is C[C@@H]1C[C@@]2(N=CCS2)[C@]2(O)O[C@@H]3C[C@@]4(C=O)[C@@H](CC[C@@H]5[C@@H]4CC[C@]4(C)[C@@](O)(C6=CC(=O)OC6)CC[C@]54O)C[C@H]3O[C@@H]2O1. The fourth-order valence-corrected chi connectivity index (χ4v) is 12.2. The molecular formula is C31H41NO9S. The van der Waals surface area contributed by atoms with Crippen LogP contribution in [0.25, 0.3) is 0 Å². The Balaban J connectivity index is 1.12. The largest absolute Gasteiger partial charge is 0.458 e. The lowest BCUT2D eigenvalue weighted by Gasteiger charge is -2.65. The number of nitrogens with zero attached hydrogens (tertiary/aromatic N) is 1. The molecule has 230 valence electrons. The standard InChI is InChI=1S/C31H41NO9S/c1-17-13-30(32-9-10-42-30)31(37)25(39-17)40-22-11-18-3-4-21-20(27(18,16-33)14-23(22)41-31)5-6-26(2)28(35,7-8-29(21,26)36)19-12-24(34)38-15-19/h9,12,16-18,20-23,25,35-37H,3-8,10-11,13-15H2,1-2H3/t17-,18+,20+,21-,22-,23-,25+,26-,27-,28+,29+,30+,31-/m1/s1. The molecule has 0 unspecified atom stereocenters. The van der Waals surface area contributed by atoms with Gasteiger partial charge in [0.2, 0.25) is 6.29 Å². The predicted molar refractivity (Wildman–Crippen MR) is 150 cm³/mol. The number of carbonyl (C=O) groups is 2. The number of hydrogen-bond donors (Lipinski definition) is 3. The van der Waals surface area contributed by atoms with Crippen molar-refractivity contribution in [1.82, 2.24) is 0 Å². The molecule has 13 atom stereocenters. The van der Waals surface area contributed by atoms with Gasteiger partial charge < -0.3 is 39.1 Å². The van der Waals surface area contributed by atoms with E-state index < -0.39 is 51.1 Å². The minimum Gasteiger partial charge on any atom is -0.458 e. The number of esters is 1. The van der Waals surface area contributed by atoms with Crippen LogP contribution in [0.2, 0.25) is 0 Å². The Morgan fingerprint density at radius 1 is 1.05 bits per heavy atom. The van der Waals surface area contributed by atoms with Crippen molar-refractivity contribution in [2.24, 2.45) is 33.6 Å². The van der Waals surface area contributed by atoms with Crippen molar-refractivity contribution in [3.63, 3.8) is 0 Å². The summed E-state index contributed by atoms with van der Waals surface area (Å²) in [6.45, 7) is 3.96. The quantitative estimate of drug-likeness (QED) is 0.244. The Morgan fingerprint density at radius 2 is 1.88 bits per heavy atom. The summed E-state index contributed by atoms with van der Waals surface area (Å²) in [4.78, 5) is 29.0. The average molecular weight is 604 g/mol. The zero-order valence-corrected chi connectivity index (χ0v) is 25.0. The van der Waals surface area contributed by atoms with Gasteiger partial charge in [-0.05, 0) is 76.0 Å². The number of thioether (sulfide) groups is 1. The highest BCUT2D eigenvalue weighted by atomic mass is 32.2. The minimum absolute atomic E-state index is 0.0477. The van der Waals surface area contributed by atoms with Crippen LogP contribution in [0.4, 0.5) is 0 Å². The summed E-state index contributed by atoms with van der Waals surface area (Å²) in [6, 6.07) is 0. The monoisotopic (exact) mass is 603 g/mol. The summed E-state index contributed by atoms with van der Waals surface area (Å²) in [5.74, 6) is -1.80. The number of aliphatic imine (C=N–C) groups is 1. The Hall–Kier alpha value is -1.34. The summed E-state index contributed by atoms with van der Waals surface area (Å²) >= 11 is 1.54. The minimum atomic E-state index is -1.77. The second-order valence-corrected chi connectivity index (χ2v) is 15.8. The van der Waals surface area contributed by atoms with Gasteiger partial charge in [0.05, 0.1) is 29.5 Å². The van der Waals surface area contributed by atoms with E-state index in [0.717, 1.165) is 19.1 Å². The van der Waals surface area contributed by atoms with Crippen LogP contribution in [0.15, 0.2) is 16.6 Å². The normalized spacial score (nSPS) is 57.9. The van der Waals surface area contributed by atoms with Crippen molar-refractivity contribution in [3.05, 3.63) is 11.6 Å². The van der Waals surface area contributed by atoms with Gasteiger partial charge in [-0.2, -0.15) is 0 Å². The van der Waals surface area contributed by atoms with Gasteiger partial charge in [-0.3, -0.25) is 4.99 Å². The molecule has 2 saturated heterocycles. The van der Waals surface area contributed by atoms with Gasteiger partial charge >= 0.3 is 5.97 Å². The molecule has 0 aromatic rings. The Morgan fingerprint density at radius 3 is 2.60 bits per heavy atom. The molecule has 11 heteroatoms. The third kappa shape index (κ3) is 3.26. The summed E-state index contributed by atoms with van der Waals surface area (Å²) in [5.41, 5.74) is -3.62. The van der Waals surface area contributed by atoms with Crippen LogP contribution in [-0.2, 0) is 28.5 Å². The Labute approximate surface area is 249 Å². The molecule has 3 N–H and O–H groups in total. The van der Waals surface area contributed by atoms with E-state index in [0.29, 0.717) is 56.3 Å². The van der Waals surface area contributed by atoms with Crippen molar-refractivity contribution < 1.29 is 43.9 Å². The maximum absolute atomic E-state index is 13.3. The van der Waals surface area contributed by atoms with Gasteiger partial charge in [0.25, 0.3) is 5.79 Å². The van der Waals surface area contributed by atoms with Crippen LogP contribution < -0.4 is 0 Å². The van der Waals surface area contributed by atoms with E-state index in [9.17, 15) is 24.9 Å². The molecule has 6 fully saturated rings. The average Bonchev–Trinajstić information content (AvgIpc) is 3.67. The van der Waals surface area contributed by atoms with Crippen LogP contribution in [0.1, 0.15) is 71.6 Å². The molecule has 4 heterocycles. The topological polar surface area (TPSA) is 144 Å². The van der Waals surface area contributed by atoms with Gasteiger partial charge in [0.15, 0.2) is 4.87 Å². The third-order valence-electron chi connectivity index (χ3n) is 13.1. The molecule has 0 amide bonds. The lowest BCUT2D eigenvalue weighted by Crippen LogP contribution is -2.73. The fraction of sp³-hybridized carbons (Fsp3) is 0.839.